The molecule has 15 heavy (non-hydrogen) atoms. The highest BCUT2D eigenvalue weighted by Gasteiger charge is 2.01. The molecule has 0 amide bonds. The Morgan fingerprint density at radius 3 is 2.47 bits per heavy atom. The minimum absolute atomic E-state index is 0.347. The number of aliphatic imine (C=N–C) groups is 1. The Labute approximate surface area is 91.0 Å². The van der Waals surface area contributed by atoms with Gasteiger partial charge in [0.25, 0.3) is 0 Å². The summed E-state index contributed by atoms with van der Waals surface area (Å²) in [5, 5.41) is 0. The van der Waals surface area contributed by atoms with Crippen molar-refractivity contribution in [3.63, 3.8) is 0 Å². The molecule has 0 saturated carbocycles. The number of hydrogen-bond donors (Lipinski definition) is 0. The highest BCUT2D eigenvalue weighted by molar-refractivity contribution is 5.86. The van der Waals surface area contributed by atoms with Gasteiger partial charge in [0.05, 0.1) is 13.2 Å². The first kappa shape index (κ1) is 16.0. The van der Waals surface area contributed by atoms with Crippen LogP contribution in [0.4, 0.5) is 0 Å². The van der Waals surface area contributed by atoms with Gasteiger partial charge in [0.2, 0.25) is 6.08 Å². The molecule has 0 aliphatic rings. The lowest BCUT2D eigenvalue weighted by Crippen LogP contribution is -2.06. The number of esters is 1. The van der Waals surface area contributed by atoms with Crippen molar-refractivity contribution in [3.8, 4) is 0 Å². The van der Waals surface area contributed by atoms with E-state index in [-0.39, 0.29) is 5.97 Å². The monoisotopic (exact) mass is 213 g/mol. The first-order valence-corrected chi connectivity index (χ1v) is 5.04. The number of carbonyl (C=O) groups is 1. The number of hydrogen-bond acceptors (Lipinski definition) is 4. The molecule has 0 radical (unpaired) electrons. The first-order valence-electron chi connectivity index (χ1n) is 5.04. The summed E-state index contributed by atoms with van der Waals surface area (Å²) in [7, 11) is 0. The lowest BCUT2D eigenvalue weighted by Gasteiger charge is -2.02. The van der Waals surface area contributed by atoms with E-state index >= 15 is 0 Å². The quantitative estimate of drug-likeness (QED) is 0.223. The van der Waals surface area contributed by atoms with Crippen LogP contribution in [0.5, 0.6) is 0 Å². The molecule has 4 heteroatoms. The van der Waals surface area contributed by atoms with Gasteiger partial charge in [-0.25, -0.2) is 14.6 Å². The van der Waals surface area contributed by atoms with E-state index in [2.05, 4.69) is 11.6 Å². The number of carbonyl (C=O) groups excluding carboxylic acids is 2. The van der Waals surface area contributed by atoms with Gasteiger partial charge in [-0.05, 0) is 19.8 Å². The van der Waals surface area contributed by atoms with Gasteiger partial charge in [-0.2, -0.15) is 0 Å². The molecule has 0 rings (SSSR count). The Morgan fingerprint density at radius 1 is 1.40 bits per heavy atom. The number of unbranched alkanes of at least 4 members (excludes halogenated alkanes) is 1. The highest BCUT2D eigenvalue weighted by Crippen LogP contribution is 1.95. The average Bonchev–Trinajstić information content (AvgIpc) is 2.25. The van der Waals surface area contributed by atoms with E-state index in [4.69, 9.17) is 4.74 Å². The summed E-state index contributed by atoms with van der Waals surface area (Å²) in [6.07, 6.45) is 2.86. The molecule has 0 aliphatic heterocycles. The van der Waals surface area contributed by atoms with Crippen LogP contribution >= 0.6 is 0 Å². The van der Waals surface area contributed by atoms with Gasteiger partial charge in [-0.1, -0.05) is 20.4 Å². The molecule has 0 bridgehead atoms. The topological polar surface area (TPSA) is 55.7 Å². The van der Waals surface area contributed by atoms with Crippen LogP contribution in [0.15, 0.2) is 17.1 Å². The second kappa shape index (κ2) is 12.6. The molecule has 0 aromatic carbocycles. The molecule has 0 heterocycles. The number of rotatable bonds is 6. The van der Waals surface area contributed by atoms with Crippen molar-refractivity contribution in [2.45, 2.75) is 33.6 Å². The summed E-state index contributed by atoms with van der Waals surface area (Å²) in [5.41, 5.74) is 0.394. The predicted octanol–water partition coefficient (Wildman–Crippen LogP) is 2.25. The van der Waals surface area contributed by atoms with Crippen molar-refractivity contribution >= 4 is 12.0 Å². The Bertz CT molecular complexity index is 230. The molecule has 0 aromatic rings. The van der Waals surface area contributed by atoms with Gasteiger partial charge in [0.1, 0.15) is 0 Å². The predicted molar refractivity (Wildman–Crippen MR) is 59.3 cm³/mol. The summed E-state index contributed by atoms with van der Waals surface area (Å²) >= 11 is 0. The van der Waals surface area contributed by atoms with Crippen molar-refractivity contribution in [3.05, 3.63) is 12.2 Å². The van der Waals surface area contributed by atoms with Crippen LogP contribution in [0.1, 0.15) is 33.6 Å². The molecular weight excluding hydrogens is 194 g/mol. The van der Waals surface area contributed by atoms with Crippen LogP contribution < -0.4 is 0 Å². The van der Waals surface area contributed by atoms with E-state index in [0.29, 0.717) is 25.1 Å². The van der Waals surface area contributed by atoms with E-state index in [0.717, 1.165) is 6.42 Å². The van der Waals surface area contributed by atoms with E-state index in [1.165, 1.54) is 6.08 Å². The van der Waals surface area contributed by atoms with Gasteiger partial charge in [-0.3, -0.25) is 0 Å². The molecule has 0 unspecified atom stereocenters. The van der Waals surface area contributed by atoms with E-state index in [1.807, 2.05) is 13.8 Å². The Morgan fingerprint density at radius 2 is 2.00 bits per heavy atom. The Kier molecular flexibility index (Phi) is 13.5. The minimum atomic E-state index is -0.376. The lowest BCUT2D eigenvalue weighted by atomic mass is 10.3. The fourth-order valence-electron chi connectivity index (χ4n) is 0.627. The molecular formula is C11H19NO3. The molecule has 0 fully saturated rings. The maximum atomic E-state index is 10.8. The van der Waals surface area contributed by atoms with Crippen LogP contribution in [-0.4, -0.2) is 25.2 Å². The summed E-state index contributed by atoms with van der Waals surface area (Å²) < 4.78 is 4.80. The third-order valence-corrected chi connectivity index (χ3v) is 1.31. The molecule has 0 N–H and O–H groups in total. The summed E-state index contributed by atoms with van der Waals surface area (Å²) in [5.74, 6) is -0.376. The number of isocyanates is 1. The van der Waals surface area contributed by atoms with E-state index < -0.39 is 0 Å². The standard InChI is InChI=1S/C9H13NO3.C2H6/c1-8(2)9(12)13-6-4-3-5-10-7-11;1-2/h1,3-6H2,2H3;1-2H3. The third-order valence-electron chi connectivity index (χ3n) is 1.31. The normalized spacial score (nSPS) is 7.93. The van der Waals surface area contributed by atoms with Crippen LogP contribution in [0.3, 0.4) is 0 Å². The van der Waals surface area contributed by atoms with E-state index in [9.17, 15) is 9.59 Å². The van der Waals surface area contributed by atoms with Crippen LogP contribution in [0.2, 0.25) is 0 Å². The zero-order chi connectivity index (χ0) is 12.1. The second-order valence-electron chi connectivity index (χ2n) is 2.60. The van der Waals surface area contributed by atoms with Gasteiger partial charge in [0, 0.05) is 5.57 Å². The average molecular weight is 213 g/mol. The maximum Gasteiger partial charge on any atom is 0.333 e. The van der Waals surface area contributed by atoms with Crippen molar-refractivity contribution in [2.75, 3.05) is 13.2 Å². The second-order valence-corrected chi connectivity index (χ2v) is 2.60. The molecule has 0 saturated heterocycles. The van der Waals surface area contributed by atoms with Gasteiger partial charge < -0.3 is 4.74 Å². The van der Waals surface area contributed by atoms with Crippen molar-refractivity contribution in [1.82, 2.24) is 0 Å². The van der Waals surface area contributed by atoms with Gasteiger partial charge in [0.15, 0.2) is 0 Å². The van der Waals surface area contributed by atoms with Crippen LogP contribution in [-0.2, 0) is 14.3 Å². The minimum Gasteiger partial charge on any atom is -0.462 e. The zero-order valence-corrected chi connectivity index (χ0v) is 9.71. The Balaban J connectivity index is 0. The first-order chi connectivity index (χ1) is 7.18. The SMILES string of the molecule is C=C(C)C(=O)OCCCCN=C=O.CC. The summed E-state index contributed by atoms with van der Waals surface area (Å²) in [4.78, 5) is 23.8. The molecule has 4 nitrogen and oxygen atoms in total. The van der Waals surface area contributed by atoms with Crippen LogP contribution in [0, 0.1) is 0 Å². The molecule has 0 aromatic heterocycles. The molecule has 86 valence electrons. The fourth-order valence-corrected chi connectivity index (χ4v) is 0.627. The highest BCUT2D eigenvalue weighted by atomic mass is 16.5. The maximum absolute atomic E-state index is 10.8. The molecule has 0 spiro atoms. The summed E-state index contributed by atoms with van der Waals surface area (Å²) in [6.45, 7) is 9.82. The van der Waals surface area contributed by atoms with Crippen molar-refractivity contribution < 1.29 is 14.3 Å². The van der Waals surface area contributed by atoms with Gasteiger partial charge in [-0.15, -0.1) is 0 Å². The summed E-state index contributed by atoms with van der Waals surface area (Å²) in [6, 6.07) is 0. The third kappa shape index (κ3) is 12.6. The van der Waals surface area contributed by atoms with Crippen molar-refractivity contribution in [1.29, 1.82) is 0 Å². The van der Waals surface area contributed by atoms with Crippen molar-refractivity contribution in [2.24, 2.45) is 4.99 Å². The van der Waals surface area contributed by atoms with Gasteiger partial charge >= 0.3 is 5.97 Å². The van der Waals surface area contributed by atoms with E-state index in [1.54, 1.807) is 6.92 Å². The smallest absolute Gasteiger partial charge is 0.333 e. The number of nitrogens with zero attached hydrogens (tertiary/aromatic N) is 1. The van der Waals surface area contributed by atoms with Crippen LogP contribution in [0.25, 0.3) is 0 Å². The lowest BCUT2D eigenvalue weighted by molar-refractivity contribution is -0.139. The molecule has 0 aliphatic carbocycles. The zero-order valence-electron chi connectivity index (χ0n) is 9.71. The Hall–Kier alpha value is -1.41. The number of ether oxygens (including phenoxy) is 1. The fraction of sp³-hybridized carbons (Fsp3) is 0.636. The largest absolute Gasteiger partial charge is 0.462 e. The molecule has 0 atom stereocenters.